The third-order valence-corrected chi connectivity index (χ3v) is 6.39. The average Bonchev–Trinajstić information content (AvgIpc) is 3.11. The lowest BCUT2D eigenvalue weighted by Gasteiger charge is -2.31. The van der Waals surface area contributed by atoms with Gasteiger partial charge in [-0.3, -0.25) is 4.79 Å². The summed E-state index contributed by atoms with van der Waals surface area (Å²) in [7, 11) is 1.66. The van der Waals surface area contributed by atoms with Crippen LogP contribution in [0.1, 0.15) is 29.5 Å². The smallest absolute Gasteiger partial charge is 0.274 e. The van der Waals surface area contributed by atoms with Crippen LogP contribution in [0.5, 0.6) is 10.9 Å². The normalized spacial score (nSPS) is 14.9. The molecule has 1 aromatic heterocycles. The molecule has 29 heavy (non-hydrogen) atoms. The summed E-state index contributed by atoms with van der Waals surface area (Å²) in [5, 5.41) is 0.688. The summed E-state index contributed by atoms with van der Waals surface area (Å²) in [6.45, 7) is 5.61. The number of hydrogen-bond donors (Lipinski definition) is 0. The molecule has 5 nitrogen and oxygen atoms in total. The fraction of sp³-hybridized carbons (Fsp3) is 0.391. The predicted molar refractivity (Wildman–Crippen MR) is 116 cm³/mol. The van der Waals surface area contributed by atoms with Crippen LogP contribution in [0.25, 0.3) is 10.2 Å². The lowest BCUT2D eigenvalue weighted by atomic mass is 10.0. The van der Waals surface area contributed by atoms with Crippen LogP contribution < -0.4 is 9.47 Å². The standard InChI is InChI=1S/C23H26N2O3S/c1-15-4-5-17(16(2)12-15)13-22(26)25-10-8-18(9-11-25)28-23-24-20-7-6-19(27-3)14-21(20)29-23/h4-7,12,14,18H,8-11,13H2,1-3H3. The van der Waals surface area contributed by atoms with Crippen LogP contribution in [0.4, 0.5) is 0 Å². The second-order valence-corrected chi connectivity index (χ2v) is 8.61. The molecular weight excluding hydrogens is 384 g/mol. The zero-order chi connectivity index (χ0) is 20.4. The van der Waals surface area contributed by atoms with E-state index in [1.165, 1.54) is 22.5 Å². The number of piperidine rings is 1. The van der Waals surface area contributed by atoms with Gasteiger partial charge >= 0.3 is 0 Å². The molecule has 3 aromatic rings. The number of rotatable bonds is 5. The molecule has 2 heterocycles. The molecule has 0 aliphatic carbocycles. The number of benzene rings is 2. The van der Waals surface area contributed by atoms with E-state index in [1.54, 1.807) is 7.11 Å². The van der Waals surface area contributed by atoms with Gasteiger partial charge in [0.2, 0.25) is 5.91 Å². The Kier molecular flexibility index (Phi) is 5.72. The first-order valence-corrected chi connectivity index (χ1v) is 10.8. The van der Waals surface area contributed by atoms with E-state index in [1.807, 2.05) is 23.1 Å². The first-order valence-electron chi connectivity index (χ1n) is 9.97. The van der Waals surface area contributed by atoms with Crippen molar-refractivity contribution in [1.29, 1.82) is 0 Å². The van der Waals surface area contributed by atoms with Crippen molar-refractivity contribution in [3.8, 4) is 10.9 Å². The summed E-state index contributed by atoms with van der Waals surface area (Å²) >= 11 is 1.54. The SMILES string of the molecule is COc1ccc2nc(OC3CCN(C(=O)Cc4ccc(C)cc4C)CC3)sc2c1. The van der Waals surface area contributed by atoms with Crippen molar-refractivity contribution in [2.75, 3.05) is 20.2 Å². The van der Waals surface area contributed by atoms with Gasteiger partial charge in [-0.1, -0.05) is 35.1 Å². The number of amides is 1. The number of aryl methyl sites for hydroxylation is 2. The Morgan fingerprint density at radius 2 is 1.97 bits per heavy atom. The Balaban J connectivity index is 1.32. The number of methoxy groups -OCH3 is 1. The minimum atomic E-state index is 0.0996. The fourth-order valence-corrected chi connectivity index (χ4v) is 4.66. The van der Waals surface area contributed by atoms with Crippen LogP contribution in [0.2, 0.25) is 0 Å². The van der Waals surface area contributed by atoms with Crippen molar-refractivity contribution in [2.24, 2.45) is 0 Å². The van der Waals surface area contributed by atoms with Gasteiger partial charge in [-0.05, 0) is 43.2 Å². The van der Waals surface area contributed by atoms with Gasteiger partial charge < -0.3 is 14.4 Å². The highest BCUT2D eigenvalue weighted by molar-refractivity contribution is 7.20. The largest absolute Gasteiger partial charge is 0.497 e. The van der Waals surface area contributed by atoms with E-state index in [0.29, 0.717) is 11.6 Å². The fourth-order valence-electron chi connectivity index (χ4n) is 3.75. The maximum atomic E-state index is 12.7. The van der Waals surface area contributed by atoms with Crippen molar-refractivity contribution >= 4 is 27.5 Å². The number of carbonyl (C=O) groups is 1. The Bertz CT molecular complexity index is 1020. The van der Waals surface area contributed by atoms with Crippen LogP contribution in [0.15, 0.2) is 36.4 Å². The number of nitrogens with zero attached hydrogens (tertiary/aromatic N) is 2. The molecule has 0 radical (unpaired) electrons. The minimum absolute atomic E-state index is 0.0996. The third-order valence-electron chi connectivity index (χ3n) is 5.48. The number of hydrogen-bond acceptors (Lipinski definition) is 5. The van der Waals surface area contributed by atoms with Crippen molar-refractivity contribution in [1.82, 2.24) is 9.88 Å². The molecular formula is C23H26N2O3S. The molecule has 2 aromatic carbocycles. The summed E-state index contributed by atoms with van der Waals surface area (Å²) < 4.78 is 12.4. The highest BCUT2D eigenvalue weighted by Gasteiger charge is 2.25. The highest BCUT2D eigenvalue weighted by Crippen LogP contribution is 2.32. The summed E-state index contributed by atoms with van der Waals surface area (Å²) in [6.07, 6.45) is 2.23. The van der Waals surface area contributed by atoms with E-state index >= 15 is 0 Å². The van der Waals surface area contributed by atoms with Crippen LogP contribution in [0, 0.1) is 13.8 Å². The summed E-state index contributed by atoms with van der Waals surface area (Å²) in [5.74, 6) is 1.02. The van der Waals surface area contributed by atoms with Gasteiger partial charge in [0.25, 0.3) is 5.19 Å². The molecule has 0 unspecified atom stereocenters. The van der Waals surface area contributed by atoms with Crippen LogP contribution >= 0.6 is 11.3 Å². The summed E-state index contributed by atoms with van der Waals surface area (Å²) in [6, 6.07) is 12.1. The van der Waals surface area contributed by atoms with Gasteiger partial charge in [-0.15, -0.1) is 0 Å². The lowest BCUT2D eigenvalue weighted by molar-refractivity contribution is -0.132. The van der Waals surface area contributed by atoms with Gasteiger partial charge in [0, 0.05) is 25.9 Å². The highest BCUT2D eigenvalue weighted by atomic mass is 32.1. The third kappa shape index (κ3) is 4.53. The van der Waals surface area contributed by atoms with Gasteiger partial charge in [0.1, 0.15) is 11.9 Å². The van der Waals surface area contributed by atoms with Gasteiger partial charge in [-0.2, -0.15) is 0 Å². The number of ether oxygens (including phenoxy) is 2. The van der Waals surface area contributed by atoms with Gasteiger partial charge in [0.05, 0.1) is 23.7 Å². The quantitative estimate of drug-likeness (QED) is 0.620. The molecule has 1 aliphatic rings. The number of likely N-dealkylation sites (tertiary alicyclic amines) is 1. The van der Waals surface area contributed by atoms with E-state index in [2.05, 4.69) is 37.0 Å². The zero-order valence-electron chi connectivity index (χ0n) is 17.1. The average molecular weight is 411 g/mol. The molecule has 1 aliphatic heterocycles. The molecule has 4 rings (SSSR count). The molecule has 1 fully saturated rings. The zero-order valence-corrected chi connectivity index (χ0v) is 17.9. The molecule has 0 N–H and O–H groups in total. The Morgan fingerprint density at radius 1 is 1.17 bits per heavy atom. The number of carbonyl (C=O) groups excluding carboxylic acids is 1. The second kappa shape index (κ2) is 8.41. The second-order valence-electron chi connectivity index (χ2n) is 7.62. The van der Waals surface area contributed by atoms with Gasteiger partial charge in [0.15, 0.2) is 0 Å². The summed E-state index contributed by atoms with van der Waals surface area (Å²) in [4.78, 5) is 19.2. The van der Waals surface area contributed by atoms with E-state index in [-0.39, 0.29) is 12.0 Å². The van der Waals surface area contributed by atoms with E-state index in [4.69, 9.17) is 9.47 Å². The maximum Gasteiger partial charge on any atom is 0.274 e. The monoisotopic (exact) mass is 410 g/mol. The molecule has 1 saturated heterocycles. The predicted octanol–water partition coefficient (Wildman–Crippen LogP) is 4.53. The molecule has 152 valence electrons. The van der Waals surface area contributed by atoms with E-state index in [9.17, 15) is 4.79 Å². The van der Waals surface area contributed by atoms with Crippen LogP contribution in [-0.4, -0.2) is 42.1 Å². The topological polar surface area (TPSA) is 51.7 Å². The minimum Gasteiger partial charge on any atom is -0.497 e. The Morgan fingerprint density at radius 3 is 2.69 bits per heavy atom. The molecule has 6 heteroatoms. The Labute approximate surface area is 175 Å². The number of fused-ring (bicyclic) bond motifs is 1. The maximum absolute atomic E-state index is 12.7. The number of thiazole rings is 1. The lowest BCUT2D eigenvalue weighted by Crippen LogP contribution is -2.42. The molecule has 0 atom stereocenters. The molecule has 0 bridgehead atoms. The van der Waals surface area contributed by atoms with Crippen LogP contribution in [0.3, 0.4) is 0 Å². The molecule has 0 saturated carbocycles. The molecule has 0 spiro atoms. The van der Waals surface area contributed by atoms with Crippen LogP contribution in [-0.2, 0) is 11.2 Å². The Hall–Kier alpha value is -2.60. The van der Waals surface area contributed by atoms with Crippen molar-refractivity contribution in [3.05, 3.63) is 53.1 Å². The number of aromatic nitrogens is 1. The van der Waals surface area contributed by atoms with Crippen molar-refractivity contribution in [3.63, 3.8) is 0 Å². The first-order chi connectivity index (χ1) is 14.0. The van der Waals surface area contributed by atoms with E-state index in [0.717, 1.165) is 47.5 Å². The van der Waals surface area contributed by atoms with Crippen molar-refractivity contribution in [2.45, 2.75) is 39.2 Å². The van der Waals surface area contributed by atoms with Crippen molar-refractivity contribution < 1.29 is 14.3 Å². The van der Waals surface area contributed by atoms with Gasteiger partial charge in [-0.25, -0.2) is 4.98 Å². The molecule has 1 amide bonds. The first kappa shape index (κ1) is 19.7. The summed E-state index contributed by atoms with van der Waals surface area (Å²) in [5.41, 5.74) is 4.45. The van der Waals surface area contributed by atoms with E-state index < -0.39 is 0 Å².